The van der Waals surface area contributed by atoms with Crippen molar-refractivity contribution in [1.82, 2.24) is 5.32 Å². The number of aliphatic hydroxyl groups excluding tert-OH is 2. The minimum absolute atomic E-state index is 0.0373. The molecule has 5 N–H and O–H groups in total. The molecule has 196 valence electrons. The van der Waals surface area contributed by atoms with E-state index in [2.05, 4.69) is 33.0 Å². The van der Waals surface area contributed by atoms with Crippen molar-refractivity contribution in [2.75, 3.05) is 26.2 Å². The number of carbonyl (C=O) groups excluding carboxylic acids is 2. The number of ether oxygens (including phenoxy) is 1. The van der Waals surface area contributed by atoms with Crippen molar-refractivity contribution in [2.24, 2.45) is 39.7 Å². The third kappa shape index (κ3) is 4.70. The van der Waals surface area contributed by atoms with Gasteiger partial charge in [-0.2, -0.15) is 0 Å². The van der Waals surface area contributed by atoms with E-state index in [4.69, 9.17) is 10.5 Å². The molecule has 0 aromatic rings. The van der Waals surface area contributed by atoms with Gasteiger partial charge in [0.15, 0.2) is 0 Å². The van der Waals surface area contributed by atoms with Crippen LogP contribution in [0.3, 0.4) is 0 Å². The van der Waals surface area contributed by atoms with Crippen molar-refractivity contribution < 1.29 is 24.5 Å². The lowest BCUT2D eigenvalue weighted by Gasteiger charge is -2.62. The minimum atomic E-state index is -0.674. The summed E-state index contributed by atoms with van der Waals surface area (Å²) < 4.78 is 5.93. The summed E-state index contributed by atoms with van der Waals surface area (Å²) in [4.78, 5) is 25.9. The number of hydrogen-bond donors (Lipinski definition) is 4. The average molecular weight is 481 g/mol. The molecule has 3 aliphatic rings. The van der Waals surface area contributed by atoms with E-state index < -0.39 is 35.6 Å². The van der Waals surface area contributed by atoms with Gasteiger partial charge in [-0.3, -0.25) is 4.79 Å². The van der Waals surface area contributed by atoms with E-state index >= 15 is 0 Å². The van der Waals surface area contributed by atoms with Crippen LogP contribution in [0.15, 0.2) is 0 Å². The maximum atomic E-state index is 13.6. The largest absolute Gasteiger partial charge is 0.460 e. The SMILES string of the molecule is CC[C@@]1(C)C[C@@H](OC(=O)CO)[C@@]2(C)C3C(=O)CC[C@@]3(CC[C@H]2C)[C@H](CNCCCCCN)[C@@H]1O. The molecule has 0 saturated heterocycles. The summed E-state index contributed by atoms with van der Waals surface area (Å²) >= 11 is 0. The lowest BCUT2D eigenvalue weighted by atomic mass is 9.43. The molecule has 1 unspecified atom stereocenters. The van der Waals surface area contributed by atoms with E-state index in [0.717, 1.165) is 51.5 Å². The summed E-state index contributed by atoms with van der Waals surface area (Å²) in [6.45, 7) is 10.1. The predicted octanol–water partition coefficient (Wildman–Crippen LogP) is 2.81. The van der Waals surface area contributed by atoms with Crippen molar-refractivity contribution in [1.29, 1.82) is 0 Å². The Balaban J connectivity index is 2.02. The standard InChI is InChI=1S/C27H48N2O5/c1-5-25(3)15-21(34-22(32)17-30)26(4)18(2)9-11-27(12-10-20(31)23(26)27)19(24(25)33)16-29-14-8-6-7-13-28/h18-19,21,23-24,29-30,33H,5-17,28H2,1-4H3/t18-,19-,21-,23?,24+,25+,26+,27+/m1/s1. The van der Waals surface area contributed by atoms with Gasteiger partial charge in [-0.05, 0) is 74.8 Å². The lowest BCUT2D eigenvalue weighted by molar-refractivity contribution is -0.214. The first-order valence-electron chi connectivity index (χ1n) is 13.5. The van der Waals surface area contributed by atoms with Crippen molar-refractivity contribution in [3.8, 4) is 0 Å². The third-order valence-corrected chi connectivity index (χ3v) is 10.3. The van der Waals surface area contributed by atoms with Gasteiger partial charge in [0.05, 0.1) is 6.10 Å². The second-order valence-electron chi connectivity index (χ2n) is 11.9. The smallest absolute Gasteiger partial charge is 0.332 e. The van der Waals surface area contributed by atoms with Crippen LogP contribution < -0.4 is 11.1 Å². The summed E-state index contributed by atoms with van der Waals surface area (Å²) in [6.07, 6.45) is 6.43. The highest BCUT2D eigenvalue weighted by Gasteiger charge is 2.69. The number of rotatable bonds is 10. The van der Waals surface area contributed by atoms with E-state index in [-0.39, 0.29) is 29.0 Å². The van der Waals surface area contributed by atoms with Crippen LogP contribution in [0, 0.1) is 34.0 Å². The van der Waals surface area contributed by atoms with E-state index in [1.807, 2.05) is 0 Å². The Labute approximate surface area is 205 Å². The molecule has 0 radical (unpaired) electrons. The summed E-state index contributed by atoms with van der Waals surface area (Å²) in [5.41, 5.74) is 4.34. The van der Waals surface area contributed by atoms with Crippen molar-refractivity contribution >= 4 is 11.8 Å². The molecule has 0 aliphatic heterocycles. The molecular formula is C27H48N2O5. The zero-order valence-corrected chi connectivity index (χ0v) is 21.8. The molecule has 7 heteroatoms. The van der Waals surface area contributed by atoms with Crippen molar-refractivity contribution in [3.63, 3.8) is 0 Å². The monoisotopic (exact) mass is 480 g/mol. The van der Waals surface area contributed by atoms with E-state index in [1.54, 1.807) is 0 Å². The van der Waals surface area contributed by atoms with E-state index in [9.17, 15) is 19.8 Å². The normalized spacial score (nSPS) is 42.1. The number of esters is 1. The fraction of sp³-hybridized carbons (Fsp3) is 0.926. The van der Waals surface area contributed by atoms with Gasteiger partial charge in [0.2, 0.25) is 0 Å². The second kappa shape index (κ2) is 10.9. The van der Waals surface area contributed by atoms with Gasteiger partial charge < -0.3 is 26.0 Å². The van der Waals surface area contributed by atoms with Crippen LogP contribution >= 0.6 is 0 Å². The highest BCUT2D eigenvalue weighted by molar-refractivity contribution is 5.85. The zero-order valence-electron chi connectivity index (χ0n) is 21.8. The zero-order chi connectivity index (χ0) is 25.1. The molecule has 7 nitrogen and oxygen atoms in total. The number of ketones is 1. The molecule has 0 aromatic carbocycles. The molecule has 2 bridgehead atoms. The molecule has 3 aliphatic carbocycles. The number of unbranched alkanes of at least 4 members (excludes halogenated alkanes) is 2. The van der Waals surface area contributed by atoms with Crippen LogP contribution in [0.25, 0.3) is 0 Å². The Morgan fingerprint density at radius 1 is 1.24 bits per heavy atom. The molecule has 0 amide bonds. The number of Topliss-reactive ketones (excluding diaryl/α,β-unsaturated/α-hetero) is 1. The topological polar surface area (TPSA) is 122 Å². The molecular weight excluding hydrogens is 432 g/mol. The van der Waals surface area contributed by atoms with Gasteiger partial charge in [0.1, 0.15) is 18.5 Å². The van der Waals surface area contributed by atoms with Crippen LogP contribution in [-0.2, 0) is 14.3 Å². The van der Waals surface area contributed by atoms with Crippen LogP contribution in [0.5, 0.6) is 0 Å². The Bertz CT molecular complexity index is 732. The quantitative estimate of drug-likeness (QED) is 0.280. The Morgan fingerprint density at radius 2 is 1.97 bits per heavy atom. The second-order valence-corrected chi connectivity index (χ2v) is 11.9. The minimum Gasteiger partial charge on any atom is -0.460 e. The number of aliphatic hydroxyl groups is 2. The van der Waals surface area contributed by atoms with Gasteiger partial charge >= 0.3 is 5.97 Å². The van der Waals surface area contributed by atoms with E-state index in [1.165, 1.54) is 0 Å². The number of nitrogens with one attached hydrogen (secondary N) is 1. The first kappa shape index (κ1) is 27.6. The fourth-order valence-electron chi connectivity index (χ4n) is 7.80. The summed E-state index contributed by atoms with van der Waals surface area (Å²) in [5, 5.41) is 25.1. The van der Waals surface area contributed by atoms with Crippen LogP contribution in [0.2, 0.25) is 0 Å². The molecule has 3 rings (SSSR count). The van der Waals surface area contributed by atoms with Crippen LogP contribution in [0.1, 0.15) is 85.5 Å². The van der Waals surface area contributed by atoms with Gasteiger partial charge in [0.25, 0.3) is 0 Å². The highest BCUT2D eigenvalue weighted by Crippen LogP contribution is 2.68. The first-order valence-corrected chi connectivity index (χ1v) is 13.5. The Hall–Kier alpha value is -1.02. The summed E-state index contributed by atoms with van der Waals surface area (Å²) in [6, 6.07) is 0. The van der Waals surface area contributed by atoms with Gasteiger partial charge in [-0.25, -0.2) is 4.79 Å². The van der Waals surface area contributed by atoms with Crippen LogP contribution in [-0.4, -0.2) is 60.4 Å². The molecule has 34 heavy (non-hydrogen) atoms. The maximum Gasteiger partial charge on any atom is 0.332 e. The van der Waals surface area contributed by atoms with Gasteiger partial charge in [-0.15, -0.1) is 0 Å². The highest BCUT2D eigenvalue weighted by atomic mass is 16.6. The molecule has 8 atom stereocenters. The maximum absolute atomic E-state index is 13.6. The Morgan fingerprint density at radius 3 is 2.62 bits per heavy atom. The molecule has 0 heterocycles. The van der Waals surface area contributed by atoms with Gasteiger partial charge in [-0.1, -0.05) is 34.1 Å². The average Bonchev–Trinajstić information content (AvgIpc) is 3.17. The molecule has 3 saturated carbocycles. The Kier molecular flexibility index (Phi) is 8.87. The molecule has 0 spiro atoms. The fourth-order valence-corrected chi connectivity index (χ4v) is 7.80. The number of nitrogens with two attached hydrogens (primary N) is 1. The molecule has 3 fully saturated rings. The third-order valence-electron chi connectivity index (χ3n) is 10.3. The molecule has 0 aromatic heterocycles. The van der Waals surface area contributed by atoms with E-state index in [0.29, 0.717) is 25.9 Å². The van der Waals surface area contributed by atoms with Crippen molar-refractivity contribution in [2.45, 2.75) is 97.7 Å². The number of carbonyl (C=O) groups is 2. The lowest BCUT2D eigenvalue weighted by Crippen LogP contribution is -2.65. The summed E-state index contributed by atoms with van der Waals surface area (Å²) in [7, 11) is 0. The predicted molar refractivity (Wildman–Crippen MR) is 132 cm³/mol. The first-order chi connectivity index (χ1) is 16.1. The van der Waals surface area contributed by atoms with Crippen molar-refractivity contribution in [3.05, 3.63) is 0 Å². The van der Waals surface area contributed by atoms with Gasteiger partial charge in [0, 0.05) is 30.2 Å². The van der Waals surface area contributed by atoms with Crippen LogP contribution in [0.4, 0.5) is 0 Å². The number of hydrogen-bond acceptors (Lipinski definition) is 7. The summed E-state index contributed by atoms with van der Waals surface area (Å²) in [5.74, 6) is -0.487.